The zero-order valence-corrected chi connectivity index (χ0v) is 15.3. The fraction of sp³-hybridized carbons (Fsp3) is 0.583. The van der Waals surface area contributed by atoms with Crippen LogP contribution in [0.15, 0.2) is 14.1 Å². The van der Waals surface area contributed by atoms with Crippen LogP contribution in [0.2, 0.25) is 0 Å². The molecule has 6 nitrogen and oxygen atoms in total. The topological polar surface area (TPSA) is 69.7 Å². The van der Waals surface area contributed by atoms with Crippen molar-refractivity contribution in [2.75, 3.05) is 33.7 Å². The molecule has 1 aliphatic heterocycles. The van der Waals surface area contributed by atoms with Crippen molar-refractivity contribution < 1.29 is 13.2 Å². The number of carbonyl (C=O) groups is 1. The number of rotatable bonds is 3. The number of aryl methyl sites for hydroxylation is 1. The number of nitrogens with one attached hydrogen (secondary N) is 1. The molecule has 0 saturated carbocycles. The molecular formula is C12H18BrN3O3S2. The summed E-state index contributed by atoms with van der Waals surface area (Å²) in [5.74, 6) is -0.210. The lowest BCUT2D eigenvalue weighted by Crippen LogP contribution is -2.59. The average molecular weight is 396 g/mol. The van der Waals surface area contributed by atoms with Gasteiger partial charge < -0.3 is 10.2 Å². The summed E-state index contributed by atoms with van der Waals surface area (Å²) in [6.45, 7) is 3.02. The van der Waals surface area contributed by atoms with Crippen molar-refractivity contribution in [3.05, 3.63) is 15.4 Å². The molecule has 1 aromatic rings. The molecule has 1 N–H and O–H groups in total. The third-order valence-corrected chi connectivity index (χ3v) is 7.81. The molecular weight excluding hydrogens is 378 g/mol. The molecule has 1 aromatic heterocycles. The number of nitrogens with zero attached hydrogens (tertiary/aromatic N) is 2. The zero-order chi connectivity index (χ0) is 15.8. The second kappa shape index (κ2) is 6.33. The van der Waals surface area contributed by atoms with E-state index in [1.54, 1.807) is 20.2 Å². The van der Waals surface area contributed by atoms with E-state index in [9.17, 15) is 13.2 Å². The third-order valence-electron chi connectivity index (χ3n) is 3.32. The standard InChI is InChI=1S/C12H18BrN3O3S2/c1-8-6-10(20-11(8)13)21(18,19)16-5-4-14-7-9(16)12(17)15(2)3/h6,9,14H,4-5,7H2,1-3H3. The number of thiophene rings is 1. The van der Waals surface area contributed by atoms with Crippen LogP contribution < -0.4 is 5.32 Å². The molecule has 2 rings (SSSR count). The van der Waals surface area contributed by atoms with Gasteiger partial charge in [-0.2, -0.15) is 4.31 Å². The molecule has 1 fully saturated rings. The molecule has 0 spiro atoms. The minimum Gasteiger partial charge on any atom is -0.347 e. The highest BCUT2D eigenvalue weighted by Gasteiger charge is 2.39. The van der Waals surface area contributed by atoms with Crippen molar-refractivity contribution in [2.45, 2.75) is 17.2 Å². The summed E-state index contributed by atoms with van der Waals surface area (Å²) in [5, 5.41) is 3.08. The molecule has 0 aliphatic carbocycles. The number of halogens is 1. The SMILES string of the molecule is Cc1cc(S(=O)(=O)N2CCNCC2C(=O)N(C)C)sc1Br. The number of amides is 1. The van der Waals surface area contributed by atoms with Gasteiger partial charge in [-0.05, 0) is 34.5 Å². The number of hydrogen-bond donors (Lipinski definition) is 1. The van der Waals surface area contributed by atoms with Crippen LogP contribution in [0.5, 0.6) is 0 Å². The molecule has 21 heavy (non-hydrogen) atoms. The summed E-state index contributed by atoms with van der Waals surface area (Å²) in [6, 6.07) is 0.948. The Morgan fingerprint density at radius 3 is 2.71 bits per heavy atom. The van der Waals surface area contributed by atoms with Crippen LogP contribution in [0, 0.1) is 6.92 Å². The van der Waals surface area contributed by atoms with Gasteiger partial charge in [-0.25, -0.2) is 8.42 Å². The van der Waals surface area contributed by atoms with E-state index in [0.717, 1.165) is 9.35 Å². The minimum absolute atomic E-state index is 0.210. The summed E-state index contributed by atoms with van der Waals surface area (Å²) in [6.07, 6.45) is 0. The molecule has 9 heteroatoms. The Morgan fingerprint density at radius 1 is 1.52 bits per heavy atom. The largest absolute Gasteiger partial charge is 0.347 e. The van der Waals surface area contributed by atoms with Crippen LogP contribution in [0.4, 0.5) is 0 Å². The Kier molecular flexibility index (Phi) is 5.09. The van der Waals surface area contributed by atoms with E-state index in [4.69, 9.17) is 0 Å². The predicted molar refractivity (Wildman–Crippen MR) is 86.0 cm³/mol. The van der Waals surface area contributed by atoms with Gasteiger partial charge in [0.1, 0.15) is 10.3 Å². The van der Waals surface area contributed by atoms with Crippen molar-refractivity contribution in [1.29, 1.82) is 0 Å². The van der Waals surface area contributed by atoms with Gasteiger partial charge in [0, 0.05) is 33.7 Å². The third kappa shape index (κ3) is 3.31. The first-order valence-corrected chi connectivity index (χ1v) is 9.49. The van der Waals surface area contributed by atoms with E-state index in [1.807, 2.05) is 6.92 Å². The number of hydrogen-bond acceptors (Lipinski definition) is 5. The molecule has 2 heterocycles. The Morgan fingerprint density at radius 2 is 2.19 bits per heavy atom. The maximum Gasteiger partial charge on any atom is 0.253 e. The predicted octanol–water partition coefficient (Wildman–Crippen LogP) is 0.870. The maximum atomic E-state index is 12.8. The van der Waals surface area contributed by atoms with E-state index in [1.165, 1.54) is 20.5 Å². The van der Waals surface area contributed by atoms with Gasteiger partial charge >= 0.3 is 0 Å². The fourth-order valence-electron chi connectivity index (χ4n) is 2.16. The van der Waals surface area contributed by atoms with Gasteiger partial charge in [-0.3, -0.25) is 4.79 Å². The van der Waals surface area contributed by atoms with Crippen molar-refractivity contribution in [1.82, 2.24) is 14.5 Å². The van der Waals surface area contributed by atoms with E-state index in [2.05, 4.69) is 21.2 Å². The van der Waals surface area contributed by atoms with Gasteiger partial charge in [0.05, 0.1) is 3.79 Å². The first-order chi connectivity index (χ1) is 9.75. The molecule has 0 aromatic carbocycles. The van der Waals surface area contributed by atoms with E-state index in [-0.39, 0.29) is 10.1 Å². The number of sulfonamides is 1. The molecule has 118 valence electrons. The van der Waals surface area contributed by atoms with Crippen LogP contribution >= 0.6 is 27.3 Å². The van der Waals surface area contributed by atoms with Gasteiger partial charge in [0.25, 0.3) is 10.0 Å². The normalized spacial score (nSPS) is 20.5. The maximum absolute atomic E-state index is 12.8. The van der Waals surface area contributed by atoms with Crippen molar-refractivity contribution >= 4 is 43.2 Å². The number of piperazine rings is 1. The van der Waals surface area contributed by atoms with Crippen molar-refractivity contribution in [2.24, 2.45) is 0 Å². The lowest BCUT2D eigenvalue weighted by atomic mass is 10.2. The molecule has 1 unspecified atom stereocenters. The first kappa shape index (κ1) is 16.9. The van der Waals surface area contributed by atoms with Crippen LogP contribution in [-0.2, 0) is 14.8 Å². The summed E-state index contributed by atoms with van der Waals surface area (Å²) < 4.78 is 28.0. The van der Waals surface area contributed by atoms with Crippen LogP contribution in [0.1, 0.15) is 5.56 Å². The number of carbonyl (C=O) groups excluding carboxylic acids is 1. The molecule has 0 radical (unpaired) electrons. The lowest BCUT2D eigenvalue weighted by molar-refractivity contribution is -0.133. The smallest absolute Gasteiger partial charge is 0.253 e. The minimum atomic E-state index is -3.66. The molecule has 1 aliphatic rings. The average Bonchev–Trinajstić information content (AvgIpc) is 2.78. The Bertz CT molecular complexity index is 623. The fourth-order valence-corrected chi connectivity index (χ4v) is 6.09. The second-order valence-electron chi connectivity index (χ2n) is 5.09. The zero-order valence-electron chi connectivity index (χ0n) is 12.1. The van der Waals surface area contributed by atoms with E-state index in [0.29, 0.717) is 19.6 Å². The van der Waals surface area contributed by atoms with E-state index >= 15 is 0 Å². The lowest BCUT2D eigenvalue weighted by Gasteiger charge is -2.35. The molecule has 0 bridgehead atoms. The van der Waals surface area contributed by atoms with Crippen LogP contribution in [0.3, 0.4) is 0 Å². The van der Waals surface area contributed by atoms with Gasteiger partial charge in [-0.1, -0.05) is 0 Å². The highest BCUT2D eigenvalue weighted by atomic mass is 79.9. The van der Waals surface area contributed by atoms with Gasteiger partial charge in [-0.15, -0.1) is 11.3 Å². The number of likely N-dealkylation sites (N-methyl/N-ethyl adjacent to an activating group) is 1. The Hall–Kier alpha value is -0.480. The van der Waals surface area contributed by atoms with Crippen LogP contribution in [0.25, 0.3) is 0 Å². The van der Waals surface area contributed by atoms with Crippen molar-refractivity contribution in [3.8, 4) is 0 Å². The highest BCUT2D eigenvalue weighted by molar-refractivity contribution is 9.11. The molecule has 1 amide bonds. The monoisotopic (exact) mass is 395 g/mol. The Labute approximate surface area is 137 Å². The van der Waals surface area contributed by atoms with Crippen LogP contribution in [-0.4, -0.2) is 63.3 Å². The molecule has 1 saturated heterocycles. The van der Waals surface area contributed by atoms with Gasteiger partial charge in [0.2, 0.25) is 5.91 Å². The highest BCUT2D eigenvalue weighted by Crippen LogP contribution is 2.33. The quantitative estimate of drug-likeness (QED) is 0.823. The van der Waals surface area contributed by atoms with E-state index < -0.39 is 16.1 Å². The summed E-state index contributed by atoms with van der Waals surface area (Å²) in [4.78, 5) is 13.7. The van der Waals surface area contributed by atoms with Crippen molar-refractivity contribution in [3.63, 3.8) is 0 Å². The molecule has 1 atom stereocenters. The summed E-state index contributed by atoms with van der Waals surface area (Å²) in [7, 11) is -0.392. The summed E-state index contributed by atoms with van der Waals surface area (Å²) >= 11 is 4.53. The summed E-state index contributed by atoms with van der Waals surface area (Å²) in [5.41, 5.74) is 0.879. The Balaban J connectivity index is 2.38. The second-order valence-corrected chi connectivity index (χ2v) is 9.58. The first-order valence-electron chi connectivity index (χ1n) is 6.45. The van der Waals surface area contributed by atoms with Gasteiger partial charge in [0.15, 0.2) is 0 Å².